The fourth-order valence-electron chi connectivity index (χ4n) is 2.98. The van der Waals surface area contributed by atoms with Crippen LogP contribution in [0.5, 0.6) is 0 Å². The Morgan fingerprint density at radius 2 is 2.00 bits per heavy atom. The number of aromatic nitrogens is 5. The van der Waals surface area contributed by atoms with Gasteiger partial charge in [-0.3, -0.25) is 14.3 Å². The Hall–Kier alpha value is -3.17. The van der Waals surface area contributed by atoms with Gasteiger partial charge in [0.25, 0.3) is 5.56 Å². The number of hydrogen-bond acceptors (Lipinski definition) is 7. The Morgan fingerprint density at radius 3 is 2.64 bits per heavy atom. The van der Waals surface area contributed by atoms with Crippen molar-refractivity contribution in [3.8, 4) is 0 Å². The number of nitrogens with zero attached hydrogens (tertiary/aromatic N) is 4. The van der Waals surface area contributed by atoms with Crippen molar-refractivity contribution in [3.63, 3.8) is 0 Å². The lowest BCUT2D eigenvalue weighted by Gasteiger charge is -2.08. The van der Waals surface area contributed by atoms with Crippen molar-refractivity contribution in [2.75, 3.05) is 0 Å². The number of carbonyl (C=O) groups is 1. The van der Waals surface area contributed by atoms with E-state index in [-0.39, 0.29) is 12.4 Å². The van der Waals surface area contributed by atoms with E-state index in [1.165, 1.54) is 10.6 Å². The first kappa shape index (κ1) is 19.6. The molecule has 3 aromatic rings. The van der Waals surface area contributed by atoms with Gasteiger partial charge >= 0.3 is 11.7 Å². The number of carbonyl (C=O) groups excluding carboxylic acids is 1. The molecule has 0 aliphatic carbocycles. The molecule has 10 nitrogen and oxygen atoms in total. The minimum Gasteiger partial charge on any atom is -0.452 e. The van der Waals surface area contributed by atoms with Gasteiger partial charge in [-0.15, -0.1) is 0 Å². The van der Waals surface area contributed by atoms with E-state index in [4.69, 9.17) is 9.26 Å². The van der Waals surface area contributed by atoms with E-state index < -0.39 is 17.2 Å². The van der Waals surface area contributed by atoms with E-state index >= 15 is 0 Å². The minimum absolute atomic E-state index is 0.00615. The molecule has 3 heterocycles. The predicted octanol–water partition coefficient (Wildman–Crippen LogP) is 1.75. The van der Waals surface area contributed by atoms with Gasteiger partial charge in [-0.1, -0.05) is 25.4 Å². The van der Waals surface area contributed by atoms with Gasteiger partial charge in [0, 0.05) is 19.2 Å². The molecule has 28 heavy (non-hydrogen) atoms. The maximum atomic E-state index is 12.4. The summed E-state index contributed by atoms with van der Waals surface area (Å²) in [5, 5.41) is 3.66. The highest BCUT2D eigenvalue weighted by atomic mass is 16.6. The summed E-state index contributed by atoms with van der Waals surface area (Å²) in [6.45, 7) is 6.46. The van der Waals surface area contributed by atoms with Gasteiger partial charge in [0.1, 0.15) is 12.4 Å². The van der Waals surface area contributed by atoms with Crippen LogP contribution in [0.2, 0.25) is 0 Å². The molecule has 150 valence electrons. The molecule has 0 unspecified atom stereocenters. The van der Waals surface area contributed by atoms with E-state index in [2.05, 4.69) is 15.1 Å². The second-order valence-electron chi connectivity index (χ2n) is 6.53. The molecule has 0 aliphatic rings. The van der Waals surface area contributed by atoms with Crippen molar-refractivity contribution >= 4 is 17.1 Å². The van der Waals surface area contributed by atoms with Crippen molar-refractivity contribution in [2.24, 2.45) is 0 Å². The highest BCUT2D eigenvalue weighted by Crippen LogP contribution is 2.15. The Labute approximate surface area is 160 Å². The first-order chi connectivity index (χ1) is 13.5. The lowest BCUT2D eigenvalue weighted by molar-refractivity contribution is 0.0411. The van der Waals surface area contributed by atoms with Crippen LogP contribution in [0.25, 0.3) is 11.2 Å². The van der Waals surface area contributed by atoms with E-state index in [0.29, 0.717) is 35.8 Å². The lowest BCUT2D eigenvalue weighted by Crippen LogP contribution is -2.31. The van der Waals surface area contributed by atoms with Crippen molar-refractivity contribution in [2.45, 2.75) is 59.7 Å². The van der Waals surface area contributed by atoms with Crippen molar-refractivity contribution < 1.29 is 14.1 Å². The number of rotatable bonds is 8. The van der Waals surface area contributed by atoms with E-state index in [9.17, 15) is 14.4 Å². The molecule has 0 radical (unpaired) electrons. The molecule has 0 spiro atoms. The average molecular weight is 389 g/mol. The summed E-state index contributed by atoms with van der Waals surface area (Å²) in [6.07, 6.45) is 2.40. The maximum Gasteiger partial charge on any atom is 0.377 e. The largest absolute Gasteiger partial charge is 0.452 e. The first-order valence-electron chi connectivity index (χ1n) is 9.28. The van der Waals surface area contributed by atoms with Crippen LogP contribution in [-0.2, 0) is 24.4 Å². The summed E-state index contributed by atoms with van der Waals surface area (Å²) in [4.78, 5) is 43.6. The van der Waals surface area contributed by atoms with Gasteiger partial charge in [0.15, 0.2) is 11.2 Å². The second-order valence-corrected chi connectivity index (χ2v) is 6.53. The number of nitrogens with one attached hydrogen (secondary N) is 1. The zero-order valence-corrected chi connectivity index (χ0v) is 16.2. The Balaban J connectivity index is 2.00. The van der Waals surface area contributed by atoms with E-state index in [1.54, 1.807) is 11.5 Å². The standard InChI is InChI=1S/C18H23N5O5/c1-4-6-8-23-15-14(16(24)20-18(23)26)22(7-5-2)13(19-15)10-27-17(25)12-9-11(3)21-28-12/h9H,4-8,10H2,1-3H3,(H,20,24,26). The fourth-order valence-corrected chi connectivity index (χ4v) is 2.98. The molecular formula is C18H23N5O5. The number of esters is 1. The number of H-pyrrole nitrogens is 1. The summed E-state index contributed by atoms with van der Waals surface area (Å²) in [5.74, 6) is -0.288. The Bertz CT molecular complexity index is 1100. The van der Waals surface area contributed by atoms with Crippen LogP contribution in [-0.4, -0.2) is 30.2 Å². The van der Waals surface area contributed by atoms with Gasteiger partial charge in [-0.05, 0) is 19.8 Å². The zero-order valence-electron chi connectivity index (χ0n) is 16.2. The number of hydrogen-bond donors (Lipinski definition) is 1. The topological polar surface area (TPSA) is 125 Å². The SMILES string of the molecule is CCCCn1c(=O)[nH]c(=O)c2c1nc(COC(=O)c1cc(C)no1)n2CCC. The highest BCUT2D eigenvalue weighted by Gasteiger charge is 2.20. The summed E-state index contributed by atoms with van der Waals surface area (Å²) in [6, 6.07) is 1.48. The van der Waals surface area contributed by atoms with Crippen LogP contribution in [0.15, 0.2) is 20.2 Å². The molecular weight excluding hydrogens is 366 g/mol. The number of aryl methyl sites for hydroxylation is 3. The molecule has 0 aromatic carbocycles. The fraction of sp³-hybridized carbons (Fsp3) is 0.500. The lowest BCUT2D eigenvalue weighted by atomic mass is 10.3. The van der Waals surface area contributed by atoms with Crippen LogP contribution in [0.3, 0.4) is 0 Å². The van der Waals surface area contributed by atoms with Crippen molar-refractivity contribution in [3.05, 3.63) is 44.2 Å². The molecule has 0 amide bonds. The van der Waals surface area contributed by atoms with Crippen LogP contribution in [0.4, 0.5) is 0 Å². The summed E-state index contributed by atoms with van der Waals surface area (Å²) < 4.78 is 13.3. The number of fused-ring (bicyclic) bond motifs is 1. The number of imidazole rings is 1. The number of ether oxygens (including phenoxy) is 1. The quantitative estimate of drug-likeness (QED) is 0.582. The molecule has 10 heteroatoms. The van der Waals surface area contributed by atoms with Crippen LogP contribution in [0, 0.1) is 6.92 Å². The first-order valence-corrected chi connectivity index (χ1v) is 9.28. The highest BCUT2D eigenvalue weighted by molar-refractivity contribution is 5.86. The zero-order chi connectivity index (χ0) is 20.3. The third-order valence-electron chi connectivity index (χ3n) is 4.31. The molecule has 3 rings (SSSR count). The molecule has 1 N–H and O–H groups in total. The van der Waals surface area contributed by atoms with Gasteiger partial charge < -0.3 is 13.8 Å². The maximum absolute atomic E-state index is 12.4. The number of aromatic amines is 1. The Kier molecular flexibility index (Phi) is 5.76. The molecule has 0 saturated carbocycles. The van der Waals surface area contributed by atoms with E-state index in [1.807, 2.05) is 13.8 Å². The van der Waals surface area contributed by atoms with Crippen LogP contribution >= 0.6 is 0 Å². The van der Waals surface area contributed by atoms with Crippen molar-refractivity contribution in [1.82, 2.24) is 24.3 Å². The van der Waals surface area contributed by atoms with Crippen LogP contribution < -0.4 is 11.2 Å². The summed E-state index contributed by atoms with van der Waals surface area (Å²) >= 11 is 0. The molecule has 0 aliphatic heterocycles. The third-order valence-corrected chi connectivity index (χ3v) is 4.31. The molecule has 3 aromatic heterocycles. The normalized spacial score (nSPS) is 11.2. The summed E-state index contributed by atoms with van der Waals surface area (Å²) in [7, 11) is 0. The second kappa shape index (κ2) is 8.24. The summed E-state index contributed by atoms with van der Waals surface area (Å²) in [5.41, 5.74) is 0.179. The van der Waals surface area contributed by atoms with Crippen LogP contribution in [0.1, 0.15) is 55.2 Å². The monoisotopic (exact) mass is 389 g/mol. The molecule has 0 atom stereocenters. The molecule has 0 saturated heterocycles. The third kappa shape index (κ3) is 3.75. The van der Waals surface area contributed by atoms with E-state index in [0.717, 1.165) is 19.3 Å². The minimum atomic E-state index is -0.673. The van der Waals surface area contributed by atoms with Gasteiger partial charge in [-0.2, -0.15) is 0 Å². The predicted molar refractivity (Wildman–Crippen MR) is 100 cm³/mol. The average Bonchev–Trinajstić information content (AvgIpc) is 3.24. The van der Waals surface area contributed by atoms with Crippen molar-refractivity contribution in [1.29, 1.82) is 0 Å². The Morgan fingerprint density at radius 1 is 1.21 bits per heavy atom. The number of unbranched alkanes of at least 4 members (excludes halogenated alkanes) is 1. The van der Waals surface area contributed by atoms with Gasteiger partial charge in [0.05, 0.1) is 5.69 Å². The molecule has 0 fully saturated rings. The van der Waals surface area contributed by atoms with Gasteiger partial charge in [0.2, 0.25) is 5.76 Å². The van der Waals surface area contributed by atoms with Gasteiger partial charge in [-0.25, -0.2) is 14.6 Å². The smallest absolute Gasteiger partial charge is 0.377 e. The molecule has 0 bridgehead atoms.